The van der Waals surface area contributed by atoms with E-state index in [4.69, 9.17) is 14.5 Å². The summed E-state index contributed by atoms with van der Waals surface area (Å²) in [5.41, 5.74) is 3.80. The second-order valence-electron chi connectivity index (χ2n) is 8.55. The first-order valence-electron chi connectivity index (χ1n) is 11.6. The number of carbonyl (C=O) groups excluding carboxylic acids is 1. The van der Waals surface area contributed by atoms with Crippen molar-refractivity contribution in [1.29, 1.82) is 0 Å². The lowest BCUT2D eigenvalue weighted by Crippen LogP contribution is -2.26. The Morgan fingerprint density at radius 1 is 0.943 bits per heavy atom. The number of hydrogen-bond donors (Lipinski definition) is 1. The van der Waals surface area contributed by atoms with Crippen molar-refractivity contribution in [2.75, 3.05) is 20.8 Å². The lowest BCUT2D eigenvalue weighted by Gasteiger charge is -2.12. The Labute approximate surface area is 210 Å². The van der Waals surface area contributed by atoms with E-state index in [-0.39, 0.29) is 5.91 Å². The number of methoxy groups -OCH3 is 2. The van der Waals surface area contributed by atoms with Crippen LogP contribution in [0.2, 0.25) is 0 Å². The van der Waals surface area contributed by atoms with Gasteiger partial charge in [0.2, 0.25) is 0 Å². The first-order valence-corrected chi connectivity index (χ1v) is 12.5. The van der Waals surface area contributed by atoms with Crippen molar-refractivity contribution in [2.45, 2.75) is 36.1 Å². The predicted octanol–water partition coefficient (Wildman–Crippen LogP) is 6.50. The fraction of sp³-hybridized carbons (Fsp3) is 0.241. The highest BCUT2D eigenvalue weighted by atomic mass is 32.2. The number of pyridine rings is 1. The van der Waals surface area contributed by atoms with Crippen LogP contribution < -0.4 is 14.8 Å². The number of fused-ring (bicyclic) bond motifs is 1. The number of para-hydroxylation sites is 1. The van der Waals surface area contributed by atoms with Crippen LogP contribution in [0.15, 0.2) is 82.7 Å². The molecule has 0 aliphatic heterocycles. The molecule has 0 aliphatic carbocycles. The minimum absolute atomic E-state index is 0.110. The molecule has 0 bridgehead atoms. The van der Waals surface area contributed by atoms with Gasteiger partial charge in [0.05, 0.1) is 25.3 Å². The van der Waals surface area contributed by atoms with E-state index in [1.807, 2.05) is 48.5 Å². The maximum atomic E-state index is 13.2. The summed E-state index contributed by atoms with van der Waals surface area (Å²) in [6.45, 7) is 4.87. The monoisotopic (exact) mass is 486 g/mol. The van der Waals surface area contributed by atoms with Gasteiger partial charge in [0.1, 0.15) is 5.03 Å². The maximum absolute atomic E-state index is 13.2. The molecular weight excluding hydrogens is 456 g/mol. The van der Waals surface area contributed by atoms with Crippen LogP contribution in [0.25, 0.3) is 10.9 Å². The van der Waals surface area contributed by atoms with E-state index >= 15 is 0 Å². The van der Waals surface area contributed by atoms with E-state index in [0.717, 1.165) is 26.4 Å². The molecule has 1 N–H and O–H groups in total. The normalized spacial score (nSPS) is 11.0. The third-order valence-corrected chi connectivity index (χ3v) is 6.78. The van der Waals surface area contributed by atoms with Crippen LogP contribution in [0.1, 0.15) is 41.3 Å². The Bertz CT molecular complexity index is 1320. The molecule has 0 saturated carbocycles. The van der Waals surface area contributed by atoms with E-state index in [1.54, 1.807) is 26.0 Å². The summed E-state index contributed by atoms with van der Waals surface area (Å²) >= 11 is 1.57. The lowest BCUT2D eigenvalue weighted by molar-refractivity contribution is 0.0955. The molecule has 180 valence electrons. The molecule has 0 spiro atoms. The number of amides is 1. The van der Waals surface area contributed by atoms with Gasteiger partial charge in [-0.15, -0.1) is 0 Å². The van der Waals surface area contributed by atoms with Gasteiger partial charge in [0.15, 0.2) is 11.5 Å². The molecule has 4 aromatic rings. The van der Waals surface area contributed by atoms with Crippen molar-refractivity contribution in [3.05, 3.63) is 89.5 Å². The number of ether oxygens (including phenoxy) is 2. The first kappa shape index (κ1) is 24.6. The summed E-state index contributed by atoms with van der Waals surface area (Å²) < 4.78 is 10.7. The summed E-state index contributed by atoms with van der Waals surface area (Å²) in [5.74, 6) is 1.75. The molecule has 0 aliphatic rings. The van der Waals surface area contributed by atoms with Gasteiger partial charge in [-0.05, 0) is 59.9 Å². The van der Waals surface area contributed by atoms with Crippen LogP contribution in [-0.2, 0) is 6.42 Å². The van der Waals surface area contributed by atoms with Crippen molar-refractivity contribution in [3.63, 3.8) is 0 Å². The minimum Gasteiger partial charge on any atom is -0.493 e. The number of aromatic nitrogens is 1. The van der Waals surface area contributed by atoms with Crippen LogP contribution in [0.3, 0.4) is 0 Å². The Kier molecular flexibility index (Phi) is 7.93. The molecule has 3 aromatic carbocycles. The van der Waals surface area contributed by atoms with Crippen molar-refractivity contribution >= 4 is 28.6 Å². The highest BCUT2D eigenvalue weighted by Gasteiger charge is 2.14. The molecule has 5 nitrogen and oxygen atoms in total. The number of nitrogens with zero attached hydrogens (tertiary/aromatic N) is 1. The van der Waals surface area contributed by atoms with Crippen LogP contribution in [-0.4, -0.2) is 31.7 Å². The van der Waals surface area contributed by atoms with Crippen LogP contribution in [0, 0.1) is 0 Å². The molecule has 1 heterocycles. The summed E-state index contributed by atoms with van der Waals surface area (Å²) in [7, 11) is 3.23. The molecule has 6 heteroatoms. The zero-order valence-corrected chi connectivity index (χ0v) is 21.3. The molecule has 0 fully saturated rings. The fourth-order valence-electron chi connectivity index (χ4n) is 3.88. The first-order chi connectivity index (χ1) is 17.0. The van der Waals surface area contributed by atoms with Gasteiger partial charge in [-0.2, -0.15) is 0 Å². The van der Waals surface area contributed by atoms with Crippen LogP contribution in [0.5, 0.6) is 11.5 Å². The topological polar surface area (TPSA) is 60.5 Å². The van der Waals surface area contributed by atoms with Gasteiger partial charge in [0.25, 0.3) is 5.91 Å². The van der Waals surface area contributed by atoms with Gasteiger partial charge in [-0.25, -0.2) is 4.98 Å². The molecule has 0 atom stereocenters. The van der Waals surface area contributed by atoms with Gasteiger partial charge >= 0.3 is 0 Å². The number of benzene rings is 3. The lowest BCUT2D eigenvalue weighted by atomic mass is 10.0. The quantitative estimate of drug-likeness (QED) is 0.293. The van der Waals surface area contributed by atoms with Crippen molar-refractivity contribution in [3.8, 4) is 11.5 Å². The van der Waals surface area contributed by atoms with E-state index in [0.29, 0.717) is 35.9 Å². The summed E-state index contributed by atoms with van der Waals surface area (Å²) in [4.78, 5) is 19.1. The summed E-state index contributed by atoms with van der Waals surface area (Å²) in [6.07, 6.45) is 0.679. The predicted molar refractivity (Wildman–Crippen MR) is 142 cm³/mol. The highest BCUT2D eigenvalue weighted by molar-refractivity contribution is 7.99. The molecular formula is C29H30N2O3S. The van der Waals surface area contributed by atoms with Crippen molar-refractivity contribution in [1.82, 2.24) is 10.3 Å². The molecule has 4 rings (SSSR count). The smallest absolute Gasteiger partial charge is 0.252 e. The number of hydrogen-bond acceptors (Lipinski definition) is 5. The Hall–Kier alpha value is -3.51. The zero-order chi connectivity index (χ0) is 24.8. The van der Waals surface area contributed by atoms with E-state index in [2.05, 4.69) is 43.4 Å². The van der Waals surface area contributed by atoms with E-state index < -0.39 is 0 Å². The van der Waals surface area contributed by atoms with Crippen LogP contribution in [0.4, 0.5) is 0 Å². The number of rotatable bonds is 9. The van der Waals surface area contributed by atoms with Gasteiger partial charge < -0.3 is 14.8 Å². The Balaban J connectivity index is 1.51. The fourth-order valence-corrected chi connectivity index (χ4v) is 4.72. The largest absolute Gasteiger partial charge is 0.493 e. The second kappa shape index (κ2) is 11.3. The Morgan fingerprint density at radius 3 is 2.40 bits per heavy atom. The number of nitrogens with one attached hydrogen (secondary N) is 1. The van der Waals surface area contributed by atoms with Crippen LogP contribution >= 0.6 is 11.8 Å². The SMILES string of the molecule is COc1ccc(CCNC(=O)c2cc(Sc3ccc(C(C)C)cc3)nc3ccccc23)cc1OC. The third-order valence-electron chi connectivity index (χ3n) is 5.85. The van der Waals surface area contributed by atoms with Crippen molar-refractivity contribution < 1.29 is 14.3 Å². The second-order valence-corrected chi connectivity index (χ2v) is 9.64. The zero-order valence-electron chi connectivity index (χ0n) is 20.5. The third kappa shape index (κ3) is 5.95. The summed E-state index contributed by atoms with van der Waals surface area (Å²) in [5, 5.41) is 4.71. The highest BCUT2D eigenvalue weighted by Crippen LogP contribution is 2.31. The van der Waals surface area contributed by atoms with Gasteiger partial charge in [0, 0.05) is 16.8 Å². The number of carbonyl (C=O) groups is 1. The summed E-state index contributed by atoms with van der Waals surface area (Å²) in [6, 6.07) is 24.0. The van der Waals surface area contributed by atoms with E-state index in [9.17, 15) is 4.79 Å². The average Bonchev–Trinajstić information content (AvgIpc) is 2.88. The van der Waals surface area contributed by atoms with Crippen molar-refractivity contribution in [2.24, 2.45) is 0 Å². The molecule has 35 heavy (non-hydrogen) atoms. The molecule has 1 amide bonds. The molecule has 0 saturated heterocycles. The molecule has 1 aromatic heterocycles. The molecule has 0 radical (unpaired) electrons. The van der Waals surface area contributed by atoms with E-state index in [1.165, 1.54) is 5.56 Å². The van der Waals surface area contributed by atoms with Gasteiger partial charge in [-0.1, -0.05) is 62.0 Å². The standard InChI is InChI=1S/C29H30N2O3S/c1-19(2)21-10-12-22(13-11-21)35-28-18-24(23-7-5-6-8-25(23)31-28)29(32)30-16-15-20-9-14-26(33-3)27(17-20)34-4/h5-14,17-19H,15-16H2,1-4H3,(H,30,32). The maximum Gasteiger partial charge on any atom is 0.252 e. The minimum atomic E-state index is -0.110. The Morgan fingerprint density at radius 2 is 1.69 bits per heavy atom. The molecule has 0 unspecified atom stereocenters. The van der Waals surface area contributed by atoms with Gasteiger partial charge in [-0.3, -0.25) is 4.79 Å². The average molecular weight is 487 g/mol.